The van der Waals surface area contributed by atoms with Gasteiger partial charge in [0.2, 0.25) is 5.91 Å². The number of aromatic nitrogens is 2. The van der Waals surface area contributed by atoms with Crippen molar-refractivity contribution in [2.75, 3.05) is 5.32 Å². The van der Waals surface area contributed by atoms with Crippen LogP contribution in [0.15, 0.2) is 45.7 Å². The maximum absolute atomic E-state index is 12.2. The first kappa shape index (κ1) is 18.4. The number of hydrogen-bond acceptors (Lipinski definition) is 6. The molecular weight excluding hydrogens is 350 g/mol. The van der Waals surface area contributed by atoms with Crippen molar-refractivity contribution >= 4 is 23.2 Å². The van der Waals surface area contributed by atoms with Crippen molar-refractivity contribution in [3.05, 3.63) is 63.8 Å². The zero-order valence-corrected chi connectivity index (χ0v) is 15.0. The lowest BCUT2D eigenvalue weighted by molar-refractivity contribution is -0.116. The van der Waals surface area contributed by atoms with E-state index in [0.717, 1.165) is 11.0 Å². The number of amides is 1. The van der Waals surface area contributed by atoms with Crippen LogP contribution in [-0.2, 0) is 16.1 Å². The monoisotopic (exact) mass is 369 g/mol. The molecule has 0 radical (unpaired) electrons. The third kappa shape index (κ3) is 4.41. The van der Waals surface area contributed by atoms with Crippen LogP contribution < -0.4 is 10.9 Å². The van der Waals surface area contributed by atoms with E-state index >= 15 is 0 Å². The van der Waals surface area contributed by atoms with E-state index in [9.17, 15) is 14.4 Å². The van der Waals surface area contributed by atoms with Crippen LogP contribution in [0.1, 0.15) is 41.6 Å². The van der Waals surface area contributed by atoms with Gasteiger partial charge in [-0.15, -0.1) is 4.57 Å². The Bertz CT molecular complexity index is 1030. The lowest BCUT2D eigenvalue weighted by Gasteiger charge is -2.07. The number of nitrogens with zero attached hydrogens (tertiary/aromatic N) is 2. The molecule has 0 spiro atoms. The normalized spacial score (nSPS) is 10.7. The number of ether oxygens (including phenoxy) is 1. The number of nitrogens with one attached hydrogen (secondary N) is 1. The molecule has 3 aromatic rings. The third-order valence-corrected chi connectivity index (χ3v) is 3.76. The van der Waals surface area contributed by atoms with Crippen molar-refractivity contribution in [2.45, 2.75) is 33.3 Å². The van der Waals surface area contributed by atoms with E-state index in [4.69, 9.17) is 9.26 Å². The molecule has 0 fully saturated rings. The molecule has 0 atom stereocenters. The fourth-order valence-electron chi connectivity index (χ4n) is 2.51. The molecule has 8 heteroatoms. The van der Waals surface area contributed by atoms with Crippen molar-refractivity contribution in [2.24, 2.45) is 0 Å². The first-order chi connectivity index (χ1) is 13.0. The van der Waals surface area contributed by atoms with Gasteiger partial charge in [-0.1, -0.05) is 6.92 Å². The van der Waals surface area contributed by atoms with Crippen LogP contribution in [0.25, 0.3) is 5.65 Å². The van der Waals surface area contributed by atoms with Crippen LogP contribution >= 0.6 is 0 Å². The molecule has 0 saturated carbocycles. The highest BCUT2D eigenvalue weighted by Crippen LogP contribution is 2.12. The summed E-state index contributed by atoms with van der Waals surface area (Å²) in [6.45, 7) is 3.50. The predicted octanol–water partition coefficient (Wildman–Crippen LogP) is 2.69. The molecule has 0 unspecified atom stereocenters. The van der Waals surface area contributed by atoms with Crippen LogP contribution in [0.3, 0.4) is 0 Å². The third-order valence-electron chi connectivity index (χ3n) is 3.76. The molecule has 27 heavy (non-hydrogen) atoms. The second-order valence-electron chi connectivity index (χ2n) is 6.04. The number of fused-ring (bicyclic) bond motifs is 1. The van der Waals surface area contributed by atoms with Gasteiger partial charge in [-0.25, -0.2) is 9.78 Å². The molecule has 1 amide bonds. The number of hydrogen-bond donors (Lipinski definition) is 1. The number of anilines is 1. The molecule has 1 N–H and O–H groups in total. The SMILES string of the molecule is CCCC(=O)Nc1ccc(C(=O)OCc2cc(=O)n3oc(C)cc3n2)cc1. The summed E-state index contributed by atoms with van der Waals surface area (Å²) in [5, 5.41) is 2.75. The minimum Gasteiger partial charge on any atom is -0.456 e. The molecule has 2 heterocycles. The quantitative estimate of drug-likeness (QED) is 0.670. The van der Waals surface area contributed by atoms with Gasteiger partial charge in [-0.2, -0.15) is 0 Å². The summed E-state index contributed by atoms with van der Waals surface area (Å²) in [5.41, 5.74) is 1.25. The Hall–Kier alpha value is -3.42. The Kier molecular flexibility index (Phi) is 5.35. The largest absolute Gasteiger partial charge is 0.456 e. The van der Waals surface area contributed by atoms with Crippen molar-refractivity contribution in [3.63, 3.8) is 0 Å². The first-order valence-corrected chi connectivity index (χ1v) is 8.53. The molecule has 3 rings (SSSR count). The van der Waals surface area contributed by atoms with Gasteiger partial charge in [0.25, 0.3) is 5.56 Å². The van der Waals surface area contributed by atoms with Crippen molar-refractivity contribution in [1.29, 1.82) is 0 Å². The summed E-state index contributed by atoms with van der Waals surface area (Å²) < 4.78 is 11.5. The number of esters is 1. The molecule has 2 aromatic heterocycles. The molecule has 1 aromatic carbocycles. The van der Waals surface area contributed by atoms with E-state index in [1.807, 2.05) is 6.92 Å². The average Bonchev–Trinajstić information content (AvgIpc) is 3.01. The maximum Gasteiger partial charge on any atom is 0.338 e. The van der Waals surface area contributed by atoms with E-state index < -0.39 is 5.97 Å². The molecule has 0 saturated heterocycles. The predicted molar refractivity (Wildman–Crippen MR) is 97.6 cm³/mol. The van der Waals surface area contributed by atoms with Crippen molar-refractivity contribution in [1.82, 2.24) is 9.56 Å². The molecule has 140 valence electrons. The zero-order chi connectivity index (χ0) is 19.4. The highest BCUT2D eigenvalue weighted by molar-refractivity contribution is 5.93. The second-order valence-corrected chi connectivity index (χ2v) is 6.04. The van der Waals surface area contributed by atoms with Gasteiger partial charge in [0, 0.05) is 24.2 Å². The number of carbonyl (C=O) groups is 2. The topological polar surface area (TPSA) is 103 Å². The fourth-order valence-corrected chi connectivity index (χ4v) is 2.51. The summed E-state index contributed by atoms with van der Waals surface area (Å²) in [4.78, 5) is 39.9. The van der Waals surface area contributed by atoms with Crippen LogP contribution in [0.5, 0.6) is 0 Å². The Morgan fingerprint density at radius 1 is 1.22 bits per heavy atom. The van der Waals surface area contributed by atoms with E-state index in [1.54, 1.807) is 37.3 Å². The van der Waals surface area contributed by atoms with E-state index in [0.29, 0.717) is 34.8 Å². The lowest BCUT2D eigenvalue weighted by Crippen LogP contribution is -2.15. The number of rotatable bonds is 6. The molecule has 0 bridgehead atoms. The molecular formula is C19H19N3O5. The Labute approximate surface area is 154 Å². The number of benzene rings is 1. The Morgan fingerprint density at radius 2 is 1.96 bits per heavy atom. The van der Waals surface area contributed by atoms with Gasteiger partial charge in [-0.05, 0) is 37.6 Å². The smallest absolute Gasteiger partial charge is 0.338 e. The Morgan fingerprint density at radius 3 is 2.67 bits per heavy atom. The van der Waals surface area contributed by atoms with E-state index in [-0.39, 0.29) is 18.1 Å². The van der Waals surface area contributed by atoms with Crippen LogP contribution in [0, 0.1) is 6.92 Å². The number of carbonyl (C=O) groups excluding carboxylic acids is 2. The van der Waals surface area contributed by atoms with Gasteiger partial charge < -0.3 is 14.6 Å². The summed E-state index contributed by atoms with van der Waals surface area (Å²) in [6, 6.07) is 9.28. The minimum atomic E-state index is -0.549. The van der Waals surface area contributed by atoms with Gasteiger partial charge in [-0.3, -0.25) is 9.59 Å². The first-order valence-electron chi connectivity index (χ1n) is 8.53. The molecule has 0 aliphatic rings. The summed E-state index contributed by atoms with van der Waals surface area (Å²) >= 11 is 0. The van der Waals surface area contributed by atoms with Crippen molar-refractivity contribution < 1.29 is 18.8 Å². The van der Waals surface area contributed by atoms with Gasteiger partial charge >= 0.3 is 5.97 Å². The molecule has 0 aliphatic heterocycles. The number of aryl methyl sites for hydroxylation is 1. The summed E-state index contributed by atoms with van der Waals surface area (Å²) in [5.74, 6) is -0.0678. The van der Waals surface area contributed by atoms with Gasteiger partial charge in [0.05, 0.1) is 11.3 Å². The lowest BCUT2D eigenvalue weighted by atomic mass is 10.2. The van der Waals surface area contributed by atoms with Crippen molar-refractivity contribution in [3.8, 4) is 0 Å². The molecule has 0 aliphatic carbocycles. The minimum absolute atomic E-state index is 0.0740. The fraction of sp³-hybridized carbons (Fsp3) is 0.263. The highest BCUT2D eigenvalue weighted by Gasteiger charge is 2.11. The Balaban J connectivity index is 1.64. The standard InChI is InChI=1S/C19H19N3O5/c1-3-4-17(23)21-14-7-5-13(6-8-14)19(25)26-11-15-10-18(24)22-16(20-15)9-12(2)27-22/h5-10H,3-4,11H2,1-2H3,(H,21,23). The van der Waals surface area contributed by atoms with Crippen LogP contribution in [0.2, 0.25) is 0 Å². The second kappa shape index (κ2) is 7.86. The molecule has 8 nitrogen and oxygen atoms in total. The van der Waals surface area contributed by atoms with Crippen LogP contribution in [-0.4, -0.2) is 21.4 Å². The highest BCUT2D eigenvalue weighted by atomic mass is 16.5. The average molecular weight is 369 g/mol. The summed E-state index contributed by atoms with van der Waals surface area (Å²) in [6.07, 6.45) is 1.20. The zero-order valence-electron chi connectivity index (χ0n) is 15.0. The summed E-state index contributed by atoms with van der Waals surface area (Å²) in [7, 11) is 0. The van der Waals surface area contributed by atoms with Crippen LogP contribution in [0.4, 0.5) is 5.69 Å². The maximum atomic E-state index is 12.2. The van der Waals surface area contributed by atoms with Gasteiger partial charge in [0.1, 0.15) is 12.4 Å². The van der Waals surface area contributed by atoms with E-state index in [1.165, 1.54) is 6.07 Å². The van der Waals surface area contributed by atoms with Gasteiger partial charge in [0.15, 0.2) is 5.65 Å². The van der Waals surface area contributed by atoms with E-state index in [2.05, 4.69) is 10.3 Å².